The number of likely N-dealkylation sites (N-methyl/N-ethyl adjacent to an activating group) is 1. The topological polar surface area (TPSA) is 29.1 Å². The molecule has 0 radical (unpaired) electrons. The van der Waals surface area contributed by atoms with E-state index in [2.05, 4.69) is 5.32 Å². The Morgan fingerprint density at radius 2 is 1.88 bits per heavy atom. The summed E-state index contributed by atoms with van der Waals surface area (Å²) in [7, 11) is 1.77. The van der Waals surface area contributed by atoms with Gasteiger partial charge in [-0.1, -0.05) is 26.0 Å². The number of Topliss-reactive ketones (excluding diaryl/α,β-unsaturated/α-hetero) is 1. The highest BCUT2D eigenvalue weighted by Gasteiger charge is 2.19. The fourth-order valence-corrected chi connectivity index (χ4v) is 1.60. The first-order valence-corrected chi connectivity index (χ1v) is 5.50. The minimum atomic E-state index is -0.250. The van der Waals surface area contributed by atoms with Crippen LogP contribution in [0, 0.1) is 11.7 Å². The van der Waals surface area contributed by atoms with E-state index in [1.807, 2.05) is 13.8 Å². The fraction of sp³-hybridized carbons (Fsp3) is 0.462. The van der Waals surface area contributed by atoms with Gasteiger partial charge in [0.05, 0.1) is 6.04 Å². The Hall–Kier alpha value is -1.22. The second kappa shape index (κ2) is 5.75. The lowest BCUT2D eigenvalue weighted by Gasteiger charge is -2.17. The van der Waals surface area contributed by atoms with Gasteiger partial charge < -0.3 is 5.32 Å². The molecule has 0 amide bonds. The summed E-state index contributed by atoms with van der Waals surface area (Å²) in [6, 6.07) is 6.08. The van der Waals surface area contributed by atoms with Crippen LogP contribution in [0.5, 0.6) is 0 Å². The lowest BCUT2D eigenvalue weighted by atomic mass is 9.96. The van der Waals surface area contributed by atoms with E-state index in [1.165, 1.54) is 12.1 Å². The molecular weight excluding hydrogens is 205 g/mol. The van der Waals surface area contributed by atoms with Crippen molar-refractivity contribution in [2.75, 3.05) is 7.05 Å². The number of benzene rings is 1. The number of carbonyl (C=O) groups excluding carboxylic acids is 1. The summed E-state index contributed by atoms with van der Waals surface area (Å²) in [5.74, 6) is -0.0512. The molecule has 0 aliphatic carbocycles. The van der Waals surface area contributed by atoms with Crippen molar-refractivity contribution in [2.45, 2.75) is 26.3 Å². The number of nitrogens with one attached hydrogen (secondary N) is 1. The van der Waals surface area contributed by atoms with Gasteiger partial charge in [0.15, 0.2) is 5.78 Å². The minimum Gasteiger partial charge on any atom is -0.310 e. The van der Waals surface area contributed by atoms with Gasteiger partial charge in [-0.3, -0.25) is 4.79 Å². The first kappa shape index (κ1) is 12.8. The van der Waals surface area contributed by atoms with Gasteiger partial charge in [-0.2, -0.15) is 0 Å². The molecular formula is C13H18FNO. The van der Waals surface area contributed by atoms with Gasteiger partial charge in [-0.25, -0.2) is 4.39 Å². The molecule has 0 aromatic heterocycles. The SMILES string of the molecule is CN[C@@H](Cc1ccc(F)cc1)C(=O)C(C)C. The fourth-order valence-electron chi connectivity index (χ4n) is 1.60. The van der Waals surface area contributed by atoms with Gasteiger partial charge in [-0.15, -0.1) is 0 Å². The maximum absolute atomic E-state index is 12.7. The molecule has 1 atom stereocenters. The number of halogens is 1. The van der Waals surface area contributed by atoms with Crippen LogP contribution in [-0.4, -0.2) is 18.9 Å². The molecule has 1 rings (SSSR count). The summed E-state index contributed by atoms with van der Waals surface area (Å²) in [4.78, 5) is 11.8. The monoisotopic (exact) mass is 223 g/mol. The van der Waals surface area contributed by atoms with Crippen molar-refractivity contribution in [1.82, 2.24) is 5.32 Å². The first-order chi connectivity index (χ1) is 7.54. The molecule has 0 aliphatic rings. The lowest BCUT2D eigenvalue weighted by Crippen LogP contribution is -2.38. The van der Waals surface area contributed by atoms with Gasteiger partial charge in [-0.05, 0) is 31.2 Å². The zero-order valence-electron chi connectivity index (χ0n) is 9.96. The molecule has 0 fully saturated rings. The third-order valence-electron chi connectivity index (χ3n) is 2.61. The van der Waals surface area contributed by atoms with Gasteiger partial charge in [0.25, 0.3) is 0 Å². The third kappa shape index (κ3) is 3.42. The number of hydrogen-bond donors (Lipinski definition) is 1. The van der Waals surface area contributed by atoms with E-state index < -0.39 is 0 Å². The van der Waals surface area contributed by atoms with Crippen LogP contribution < -0.4 is 5.32 Å². The zero-order chi connectivity index (χ0) is 12.1. The van der Waals surface area contributed by atoms with E-state index in [0.717, 1.165) is 5.56 Å². The quantitative estimate of drug-likeness (QED) is 0.829. The average Bonchev–Trinajstić information content (AvgIpc) is 2.27. The van der Waals surface area contributed by atoms with Gasteiger partial charge in [0.2, 0.25) is 0 Å². The van der Waals surface area contributed by atoms with Crippen LogP contribution >= 0.6 is 0 Å². The first-order valence-electron chi connectivity index (χ1n) is 5.50. The molecule has 1 aromatic rings. The van der Waals surface area contributed by atoms with Crippen LogP contribution in [0.3, 0.4) is 0 Å². The van der Waals surface area contributed by atoms with E-state index in [4.69, 9.17) is 0 Å². The van der Waals surface area contributed by atoms with Crippen molar-refractivity contribution in [1.29, 1.82) is 0 Å². The Kier molecular flexibility index (Phi) is 4.62. The van der Waals surface area contributed by atoms with Crippen molar-refractivity contribution in [2.24, 2.45) is 5.92 Å². The Balaban J connectivity index is 2.70. The minimum absolute atomic E-state index is 0.0119. The zero-order valence-corrected chi connectivity index (χ0v) is 9.96. The van der Waals surface area contributed by atoms with Crippen LogP contribution in [0.2, 0.25) is 0 Å². The normalized spacial score (nSPS) is 12.8. The summed E-state index contributed by atoms with van der Waals surface area (Å²) in [6.07, 6.45) is 0.605. The number of carbonyl (C=O) groups is 1. The number of ketones is 1. The molecule has 0 heterocycles. The largest absolute Gasteiger partial charge is 0.310 e. The van der Waals surface area contributed by atoms with Crippen LogP contribution in [0.15, 0.2) is 24.3 Å². The Labute approximate surface area is 95.9 Å². The Morgan fingerprint density at radius 3 is 2.31 bits per heavy atom. The average molecular weight is 223 g/mol. The molecule has 0 unspecified atom stereocenters. The molecule has 0 aliphatic heterocycles. The third-order valence-corrected chi connectivity index (χ3v) is 2.61. The molecule has 0 saturated carbocycles. The summed E-state index contributed by atoms with van der Waals surface area (Å²) >= 11 is 0. The van der Waals surface area contributed by atoms with Crippen LogP contribution in [0.4, 0.5) is 4.39 Å². The van der Waals surface area contributed by atoms with Crippen LogP contribution in [-0.2, 0) is 11.2 Å². The molecule has 0 saturated heterocycles. The Morgan fingerprint density at radius 1 is 1.31 bits per heavy atom. The van der Waals surface area contributed by atoms with E-state index in [9.17, 15) is 9.18 Å². The standard InChI is InChI=1S/C13H18FNO/c1-9(2)13(16)12(15-3)8-10-4-6-11(14)7-5-10/h4-7,9,12,15H,8H2,1-3H3/t12-/m0/s1. The molecule has 1 aromatic carbocycles. The number of rotatable bonds is 5. The highest BCUT2D eigenvalue weighted by Crippen LogP contribution is 2.09. The van der Waals surface area contributed by atoms with Crippen molar-refractivity contribution in [3.63, 3.8) is 0 Å². The maximum atomic E-state index is 12.7. The summed E-state index contributed by atoms with van der Waals surface area (Å²) in [6.45, 7) is 3.77. The molecule has 3 heteroatoms. The smallest absolute Gasteiger partial charge is 0.152 e. The highest BCUT2D eigenvalue weighted by molar-refractivity contribution is 5.85. The van der Waals surface area contributed by atoms with Gasteiger partial charge >= 0.3 is 0 Å². The second-order valence-electron chi connectivity index (χ2n) is 4.23. The van der Waals surface area contributed by atoms with E-state index in [1.54, 1.807) is 19.2 Å². The summed E-state index contributed by atoms with van der Waals surface area (Å²) in [5, 5.41) is 3.00. The predicted octanol–water partition coefficient (Wildman–Crippen LogP) is 2.18. The lowest BCUT2D eigenvalue weighted by molar-refractivity contribution is -0.123. The molecule has 0 bridgehead atoms. The van der Waals surface area contributed by atoms with Crippen molar-refractivity contribution >= 4 is 5.78 Å². The summed E-state index contributed by atoms with van der Waals surface area (Å²) < 4.78 is 12.7. The van der Waals surface area contributed by atoms with Crippen LogP contribution in [0.1, 0.15) is 19.4 Å². The Bertz CT molecular complexity index is 345. The van der Waals surface area contributed by atoms with E-state index in [-0.39, 0.29) is 23.6 Å². The summed E-state index contributed by atoms with van der Waals surface area (Å²) in [5.41, 5.74) is 0.967. The predicted molar refractivity (Wildman–Crippen MR) is 62.8 cm³/mol. The van der Waals surface area contributed by atoms with E-state index >= 15 is 0 Å². The van der Waals surface area contributed by atoms with Crippen molar-refractivity contribution in [3.8, 4) is 0 Å². The van der Waals surface area contributed by atoms with Crippen LogP contribution in [0.25, 0.3) is 0 Å². The van der Waals surface area contributed by atoms with Gasteiger partial charge in [0, 0.05) is 5.92 Å². The van der Waals surface area contributed by atoms with Gasteiger partial charge in [0.1, 0.15) is 5.82 Å². The highest BCUT2D eigenvalue weighted by atomic mass is 19.1. The van der Waals surface area contributed by atoms with Crippen molar-refractivity contribution in [3.05, 3.63) is 35.6 Å². The van der Waals surface area contributed by atoms with E-state index in [0.29, 0.717) is 6.42 Å². The molecule has 1 N–H and O–H groups in total. The van der Waals surface area contributed by atoms with Crippen molar-refractivity contribution < 1.29 is 9.18 Å². The maximum Gasteiger partial charge on any atom is 0.152 e. The molecule has 88 valence electrons. The number of hydrogen-bond acceptors (Lipinski definition) is 2. The molecule has 0 spiro atoms. The molecule has 16 heavy (non-hydrogen) atoms. The molecule has 2 nitrogen and oxygen atoms in total. The second-order valence-corrected chi connectivity index (χ2v) is 4.23.